The smallest absolute Gasteiger partial charge is 0.376 e. The first-order chi connectivity index (χ1) is 9.51. The van der Waals surface area contributed by atoms with Gasteiger partial charge in [0.05, 0.1) is 21.0 Å². The van der Waals surface area contributed by atoms with Gasteiger partial charge in [0.25, 0.3) is 0 Å². The van der Waals surface area contributed by atoms with Crippen molar-refractivity contribution >= 4 is 33.2 Å². The fourth-order valence-electron chi connectivity index (χ4n) is 1.77. The molecule has 0 saturated carbocycles. The van der Waals surface area contributed by atoms with Crippen molar-refractivity contribution in [1.29, 1.82) is 0 Å². The molecule has 0 aliphatic rings. The molecule has 4 nitrogen and oxygen atoms in total. The number of carbonyl (C=O) groups is 1. The van der Waals surface area contributed by atoms with Crippen molar-refractivity contribution in [3.63, 3.8) is 0 Å². The molecule has 0 unspecified atom stereocenters. The van der Waals surface area contributed by atoms with Crippen molar-refractivity contribution in [3.05, 3.63) is 27.4 Å². The van der Waals surface area contributed by atoms with Crippen molar-refractivity contribution in [2.45, 2.75) is 27.2 Å². The lowest BCUT2D eigenvalue weighted by Gasteiger charge is -2.02. The van der Waals surface area contributed by atoms with Crippen LogP contribution in [-0.2, 0) is 11.2 Å². The van der Waals surface area contributed by atoms with E-state index in [9.17, 15) is 4.79 Å². The highest BCUT2D eigenvalue weighted by molar-refractivity contribution is 9.11. The number of rotatable bonds is 5. The normalized spacial score (nSPS) is 11.1. The largest absolute Gasteiger partial charge is 0.460 e. The minimum absolute atomic E-state index is 0.222. The number of hydrogen-bond donors (Lipinski definition) is 0. The maximum atomic E-state index is 11.9. The molecule has 6 heteroatoms. The van der Waals surface area contributed by atoms with Crippen LogP contribution < -0.4 is 0 Å². The van der Waals surface area contributed by atoms with Crippen LogP contribution >= 0.6 is 27.3 Å². The van der Waals surface area contributed by atoms with Crippen LogP contribution in [0.1, 0.15) is 37.0 Å². The summed E-state index contributed by atoms with van der Waals surface area (Å²) in [7, 11) is 0. The molecular formula is C14H16BrNO3S. The summed E-state index contributed by atoms with van der Waals surface area (Å²) in [6.07, 6.45) is 0.685. The first kappa shape index (κ1) is 15.3. The van der Waals surface area contributed by atoms with E-state index < -0.39 is 5.97 Å². The zero-order valence-corrected chi connectivity index (χ0v) is 14.0. The molecule has 0 aliphatic heterocycles. The second-order valence-corrected chi connectivity index (χ2v) is 7.18. The minimum Gasteiger partial charge on any atom is -0.460 e. The van der Waals surface area contributed by atoms with E-state index >= 15 is 0 Å². The number of aromatic nitrogens is 1. The average molecular weight is 358 g/mol. The fourth-order valence-corrected chi connectivity index (χ4v) is 3.08. The summed E-state index contributed by atoms with van der Waals surface area (Å²) in [6, 6.07) is 3.84. The van der Waals surface area contributed by atoms with Gasteiger partial charge in [-0.25, -0.2) is 9.78 Å². The van der Waals surface area contributed by atoms with E-state index in [-0.39, 0.29) is 5.76 Å². The number of ether oxygens (including phenoxy) is 1. The molecule has 0 atom stereocenters. The summed E-state index contributed by atoms with van der Waals surface area (Å²) in [5.41, 5.74) is 0.665. The summed E-state index contributed by atoms with van der Waals surface area (Å²) < 4.78 is 11.7. The van der Waals surface area contributed by atoms with E-state index in [1.165, 1.54) is 11.3 Å². The quantitative estimate of drug-likeness (QED) is 0.737. The molecule has 108 valence electrons. The summed E-state index contributed by atoms with van der Waals surface area (Å²) in [4.78, 5) is 17.3. The van der Waals surface area contributed by atoms with E-state index in [1.807, 2.05) is 12.1 Å². The van der Waals surface area contributed by atoms with Gasteiger partial charge in [-0.3, -0.25) is 0 Å². The summed E-state index contributed by atoms with van der Waals surface area (Å²) in [5, 5.41) is 0. The molecule has 2 aromatic heterocycles. The third-order valence-electron chi connectivity index (χ3n) is 2.54. The highest BCUT2D eigenvalue weighted by Gasteiger charge is 2.23. The van der Waals surface area contributed by atoms with Gasteiger partial charge in [-0.2, -0.15) is 0 Å². The second-order valence-electron chi connectivity index (χ2n) is 4.72. The molecule has 2 rings (SSSR count). The van der Waals surface area contributed by atoms with Crippen molar-refractivity contribution in [2.75, 3.05) is 6.61 Å². The van der Waals surface area contributed by atoms with Crippen LogP contribution in [0, 0.1) is 5.92 Å². The Morgan fingerprint density at radius 1 is 1.50 bits per heavy atom. The van der Waals surface area contributed by atoms with E-state index in [2.05, 4.69) is 34.8 Å². The van der Waals surface area contributed by atoms with E-state index in [0.717, 1.165) is 8.66 Å². The molecule has 0 fully saturated rings. The lowest BCUT2D eigenvalue weighted by atomic mass is 10.1. The summed E-state index contributed by atoms with van der Waals surface area (Å²) >= 11 is 4.92. The van der Waals surface area contributed by atoms with Gasteiger partial charge in [0.15, 0.2) is 0 Å². The molecule has 0 aromatic carbocycles. The molecule has 0 radical (unpaired) electrons. The van der Waals surface area contributed by atoms with Gasteiger partial charge in [0, 0.05) is 0 Å². The lowest BCUT2D eigenvalue weighted by molar-refractivity contribution is 0.0489. The minimum atomic E-state index is -0.447. The van der Waals surface area contributed by atoms with E-state index in [1.54, 1.807) is 6.92 Å². The predicted octanol–water partition coefficient (Wildman–Crippen LogP) is 4.54. The predicted molar refractivity (Wildman–Crippen MR) is 82.0 cm³/mol. The second kappa shape index (κ2) is 6.54. The molecular weight excluding hydrogens is 342 g/mol. The molecule has 0 spiro atoms. The van der Waals surface area contributed by atoms with Crippen LogP contribution in [0.3, 0.4) is 0 Å². The van der Waals surface area contributed by atoms with E-state index in [4.69, 9.17) is 9.15 Å². The maximum absolute atomic E-state index is 11.9. The Kier molecular flexibility index (Phi) is 4.99. The molecule has 20 heavy (non-hydrogen) atoms. The van der Waals surface area contributed by atoms with Gasteiger partial charge in [-0.15, -0.1) is 11.3 Å². The molecule has 0 aliphatic carbocycles. The highest BCUT2D eigenvalue weighted by atomic mass is 79.9. The topological polar surface area (TPSA) is 52.3 Å². The highest BCUT2D eigenvalue weighted by Crippen LogP contribution is 2.32. The van der Waals surface area contributed by atoms with Crippen molar-refractivity contribution < 1.29 is 13.9 Å². The van der Waals surface area contributed by atoms with Gasteiger partial charge in [0.1, 0.15) is 0 Å². The van der Waals surface area contributed by atoms with Crippen LogP contribution in [0.25, 0.3) is 10.8 Å². The van der Waals surface area contributed by atoms with Gasteiger partial charge in [-0.05, 0) is 47.3 Å². The van der Waals surface area contributed by atoms with Crippen LogP contribution in [0.4, 0.5) is 0 Å². The number of esters is 1. The van der Waals surface area contributed by atoms with Gasteiger partial charge < -0.3 is 9.15 Å². The van der Waals surface area contributed by atoms with Gasteiger partial charge in [0.2, 0.25) is 11.7 Å². The van der Waals surface area contributed by atoms with Gasteiger partial charge in [-0.1, -0.05) is 13.8 Å². The van der Waals surface area contributed by atoms with Gasteiger partial charge >= 0.3 is 5.97 Å². The number of carbonyl (C=O) groups excluding carboxylic acids is 1. The molecule has 0 bridgehead atoms. The Morgan fingerprint density at radius 3 is 2.80 bits per heavy atom. The first-order valence-electron chi connectivity index (χ1n) is 6.43. The summed E-state index contributed by atoms with van der Waals surface area (Å²) in [5.74, 6) is 0.633. The third-order valence-corrected chi connectivity index (χ3v) is 4.16. The monoisotopic (exact) mass is 357 g/mol. The van der Waals surface area contributed by atoms with Crippen LogP contribution in [0.2, 0.25) is 0 Å². The number of thiophene rings is 1. The fraction of sp³-hybridized carbons (Fsp3) is 0.429. The van der Waals surface area contributed by atoms with Crippen LogP contribution in [-0.4, -0.2) is 17.6 Å². The van der Waals surface area contributed by atoms with E-state index in [0.29, 0.717) is 30.5 Å². The standard InChI is InChI=1S/C14H16BrNO3S/c1-4-18-14(17)12-9(7-8(2)3)16-13(19-12)10-5-6-11(15)20-10/h5-6,8H,4,7H2,1-3H3. The zero-order chi connectivity index (χ0) is 14.7. The number of nitrogens with zero attached hydrogens (tertiary/aromatic N) is 1. The third kappa shape index (κ3) is 3.49. The van der Waals surface area contributed by atoms with Crippen LogP contribution in [0.5, 0.6) is 0 Å². The molecule has 0 saturated heterocycles. The average Bonchev–Trinajstić information content (AvgIpc) is 2.95. The first-order valence-corrected chi connectivity index (χ1v) is 8.04. The van der Waals surface area contributed by atoms with Crippen molar-refractivity contribution in [3.8, 4) is 10.8 Å². The lowest BCUT2D eigenvalue weighted by Crippen LogP contribution is -2.08. The Morgan fingerprint density at radius 2 is 2.25 bits per heavy atom. The number of hydrogen-bond acceptors (Lipinski definition) is 5. The SMILES string of the molecule is CCOC(=O)c1oc(-c2ccc(Br)s2)nc1CC(C)C. The van der Waals surface area contributed by atoms with Crippen molar-refractivity contribution in [2.24, 2.45) is 5.92 Å². The molecule has 2 aromatic rings. The molecule has 0 N–H and O–H groups in total. The summed E-state index contributed by atoms with van der Waals surface area (Å²) in [6.45, 7) is 6.24. The Hall–Kier alpha value is -1.14. The number of halogens is 1. The number of oxazole rings is 1. The maximum Gasteiger partial charge on any atom is 0.376 e. The molecule has 2 heterocycles. The Bertz CT molecular complexity index is 603. The zero-order valence-electron chi connectivity index (χ0n) is 11.6. The molecule has 0 amide bonds. The Balaban J connectivity index is 2.38. The Labute approximate surface area is 130 Å². The van der Waals surface area contributed by atoms with Crippen molar-refractivity contribution in [1.82, 2.24) is 4.98 Å². The van der Waals surface area contributed by atoms with Crippen LogP contribution in [0.15, 0.2) is 20.3 Å².